The van der Waals surface area contributed by atoms with E-state index in [0.29, 0.717) is 16.3 Å². The summed E-state index contributed by atoms with van der Waals surface area (Å²) in [4.78, 5) is 16.7. The number of aromatic nitrogens is 1. The Morgan fingerprint density at radius 2 is 1.96 bits per heavy atom. The van der Waals surface area contributed by atoms with Crippen LogP contribution in [0.1, 0.15) is 15.9 Å². The van der Waals surface area contributed by atoms with E-state index in [9.17, 15) is 4.79 Å². The number of benzene rings is 2. The van der Waals surface area contributed by atoms with Gasteiger partial charge in [-0.15, -0.1) is 0 Å². The first-order valence-electron chi connectivity index (χ1n) is 7.32. The molecule has 0 atom stereocenters. The van der Waals surface area contributed by atoms with Gasteiger partial charge in [-0.05, 0) is 59.3 Å². The standard InChI is InChI=1S/C19H14BrClN2O/c1-12-3-2-4-13(9-12)18-8-5-14(11-22-18)19(24)23-15-6-7-16(20)17(21)10-15/h2-11H,1H3,(H,23,24). The summed E-state index contributed by atoms with van der Waals surface area (Å²) < 4.78 is 0.784. The van der Waals surface area contributed by atoms with Gasteiger partial charge in [-0.1, -0.05) is 35.4 Å². The van der Waals surface area contributed by atoms with Crippen molar-refractivity contribution in [3.8, 4) is 11.3 Å². The van der Waals surface area contributed by atoms with Crippen molar-refractivity contribution in [1.82, 2.24) is 4.98 Å². The van der Waals surface area contributed by atoms with Crippen LogP contribution in [0.15, 0.2) is 65.3 Å². The lowest BCUT2D eigenvalue weighted by Crippen LogP contribution is -2.12. The molecular weight excluding hydrogens is 388 g/mol. The van der Waals surface area contributed by atoms with Crippen molar-refractivity contribution in [2.75, 3.05) is 5.32 Å². The van der Waals surface area contributed by atoms with E-state index in [4.69, 9.17) is 11.6 Å². The van der Waals surface area contributed by atoms with Gasteiger partial charge >= 0.3 is 0 Å². The molecule has 1 heterocycles. The van der Waals surface area contributed by atoms with Crippen LogP contribution in [0.25, 0.3) is 11.3 Å². The number of carbonyl (C=O) groups is 1. The Bertz CT molecular complexity index is 894. The van der Waals surface area contributed by atoms with E-state index in [2.05, 4.69) is 32.3 Å². The number of nitrogens with one attached hydrogen (secondary N) is 1. The number of nitrogens with zero attached hydrogens (tertiary/aromatic N) is 1. The second-order valence-corrected chi connectivity index (χ2v) is 6.65. The normalized spacial score (nSPS) is 10.5. The number of hydrogen-bond donors (Lipinski definition) is 1. The van der Waals surface area contributed by atoms with Gasteiger partial charge in [-0.2, -0.15) is 0 Å². The van der Waals surface area contributed by atoms with Gasteiger partial charge in [-0.3, -0.25) is 9.78 Å². The Hall–Kier alpha value is -2.17. The molecule has 0 saturated heterocycles. The Morgan fingerprint density at radius 1 is 1.12 bits per heavy atom. The molecule has 5 heteroatoms. The molecule has 0 radical (unpaired) electrons. The van der Waals surface area contributed by atoms with Crippen molar-refractivity contribution in [1.29, 1.82) is 0 Å². The lowest BCUT2D eigenvalue weighted by Gasteiger charge is -2.07. The third-order valence-corrected chi connectivity index (χ3v) is 4.75. The first kappa shape index (κ1) is 16.7. The number of rotatable bonds is 3. The molecular formula is C19H14BrClN2O. The van der Waals surface area contributed by atoms with Gasteiger partial charge in [0.1, 0.15) is 0 Å². The molecule has 3 nitrogen and oxygen atoms in total. The number of halogens is 2. The summed E-state index contributed by atoms with van der Waals surface area (Å²) in [5.41, 5.74) is 4.16. The third kappa shape index (κ3) is 3.83. The summed E-state index contributed by atoms with van der Waals surface area (Å²) in [5, 5.41) is 3.35. The fraction of sp³-hybridized carbons (Fsp3) is 0.0526. The summed E-state index contributed by atoms with van der Waals surface area (Å²) in [7, 11) is 0. The number of hydrogen-bond acceptors (Lipinski definition) is 2. The number of amides is 1. The average molecular weight is 402 g/mol. The molecule has 0 fully saturated rings. The maximum Gasteiger partial charge on any atom is 0.257 e. The minimum Gasteiger partial charge on any atom is -0.322 e. The molecule has 0 aliphatic heterocycles. The van der Waals surface area contributed by atoms with Crippen LogP contribution in [0.3, 0.4) is 0 Å². The quantitative estimate of drug-likeness (QED) is 0.609. The number of anilines is 1. The summed E-state index contributed by atoms with van der Waals surface area (Å²) >= 11 is 9.36. The predicted molar refractivity (Wildman–Crippen MR) is 102 cm³/mol. The van der Waals surface area contributed by atoms with Crippen LogP contribution in [-0.4, -0.2) is 10.9 Å². The lowest BCUT2D eigenvalue weighted by molar-refractivity contribution is 0.102. The zero-order valence-corrected chi connectivity index (χ0v) is 15.2. The van der Waals surface area contributed by atoms with Crippen LogP contribution in [-0.2, 0) is 0 Å². The van der Waals surface area contributed by atoms with E-state index in [1.165, 1.54) is 5.56 Å². The molecule has 0 saturated carbocycles. The summed E-state index contributed by atoms with van der Waals surface area (Å²) in [6, 6.07) is 17.0. The van der Waals surface area contributed by atoms with Gasteiger partial charge in [-0.25, -0.2) is 0 Å². The van der Waals surface area contributed by atoms with E-state index in [0.717, 1.165) is 15.7 Å². The maximum atomic E-state index is 12.3. The van der Waals surface area contributed by atoms with E-state index >= 15 is 0 Å². The van der Waals surface area contributed by atoms with Gasteiger partial charge in [0.15, 0.2) is 0 Å². The Balaban J connectivity index is 1.77. The van der Waals surface area contributed by atoms with Crippen LogP contribution >= 0.6 is 27.5 Å². The molecule has 3 aromatic rings. The highest BCUT2D eigenvalue weighted by Crippen LogP contribution is 2.26. The molecule has 1 aromatic heterocycles. The number of carbonyl (C=O) groups excluding carboxylic acids is 1. The summed E-state index contributed by atoms with van der Waals surface area (Å²) in [6.07, 6.45) is 1.58. The number of aryl methyl sites for hydroxylation is 1. The first-order chi connectivity index (χ1) is 11.5. The predicted octanol–water partition coefficient (Wildman–Crippen LogP) is 5.73. The van der Waals surface area contributed by atoms with Crippen molar-refractivity contribution in [2.24, 2.45) is 0 Å². The molecule has 1 amide bonds. The third-order valence-electron chi connectivity index (χ3n) is 3.52. The zero-order valence-electron chi connectivity index (χ0n) is 12.9. The maximum absolute atomic E-state index is 12.3. The highest BCUT2D eigenvalue weighted by Gasteiger charge is 2.09. The van der Waals surface area contributed by atoms with Crippen LogP contribution < -0.4 is 5.32 Å². The molecule has 24 heavy (non-hydrogen) atoms. The van der Waals surface area contributed by atoms with Gasteiger partial charge < -0.3 is 5.32 Å². The van der Waals surface area contributed by atoms with Crippen molar-refractivity contribution >= 4 is 39.1 Å². The molecule has 1 N–H and O–H groups in total. The van der Waals surface area contributed by atoms with Crippen LogP contribution in [0, 0.1) is 6.92 Å². The molecule has 0 aliphatic rings. The SMILES string of the molecule is Cc1cccc(-c2ccc(C(=O)Nc3ccc(Br)c(Cl)c3)cn2)c1. The first-order valence-corrected chi connectivity index (χ1v) is 8.49. The lowest BCUT2D eigenvalue weighted by atomic mass is 10.1. The number of pyridine rings is 1. The molecule has 3 rings (SSSR count). The molecule has 0 bridgehead atoms. The van der Waals surface area contributed by atoms with Crippen LogP contribution in [0.5, 0.6) is 0 Å². The molecule has 2 aromatic carbocycles. The second kappa shape index (κ2) is 7.16. The van der Waals surface area contributed by atoms with E-state index in [-0.39, 0.29) is 5.91 Å². The topological polar surface area (TPSA) is 42.0 Å². The Labute approximate surface area is 153 Å². The Kier molecular flexibility index (Phi) is 4.97. The highest BCUT2D eigenvalue weighted by molar-refractivity contribution is 9.10. The van der Waals surface area contributed by atoms with Crippen molar-refractivity contribution in [3.05, 3.63) is 81.4 Å². The van der Waals surface area contributed by atoms with Crippen molar-refractivity contribution in [2.45, 2.75) is 6.92 Å². The van der Waals surface area contributed by atoms with Crippen molar-refractivity contribution in [3.63, 3.8) is 0 Å². The van der Waals surface area contributed by atoms with E-state index in [1.54, 1.807) is 30.5 Å². The fourth-order valence-electron chi connectivity index (χ4n) is 2.28. The Morgan fingerprint density at radius 3 is 2.62 bits per heavy atom. The summed E-state index contributed by atoms with van der Waals surface area (Å²) in [6.45, 7) is 2.04. The zero-order chi connectivity index (χ0) is 17.1. The molecule has 0 unspecified atom stereocenters. The van der Waals surface area contributed by atoms with E-state index in [1.807, 2.05) is 31.2 Å². The minimum atomic E-state index is -0.225. The molecule has 0 aliphatic carbocycles. The minimum absolute atomic E-state index is 0.225. The van der Waals surface area contributed by atoms with Crippen molar-refractivity contribution < 1.29 is 4.79 Å². The molecule has 120 valence electrons. The molecule has 0 spiro atoms. The van der Waals surface area contributed by atoms with Gasteiger partial charge in [0.25, 0.3) is 5.91 Å². The van der Waals surface area contributed by atoms with Gasteiger partial charge in [0, 0.05) is 21.9 Å². The van der Waals surface area contributed by atoms with Gasteiger partial charge in [0.2, 0.25) is 0 Å². The van der Waals surface area contributed by atoms with Crippen LogP contribution in [0.2, 0.25) is 5.02 Å². The second-order valence-electron chi connectivity index (χ2n) is 5.38. The van der Waals surface area contributed by atoms with E-state index < -0.39 is 0 Å². The smallest absolute Gasteiger partial charge is 0.257 e. The monoisotopic (exact) mass is 400 g/mol. The van der Waals surface area contributed by atoms with Crippen LogP contribution in [0.4, 0.5) is 5.69 Å². The largest absolute Gasteiger partial charge is 0.322 e. The summed E-state index contributed by atoms with van der Waals surface area (Å²) in [5.74, 6) is -0.225. The average Bonchev–Trinajstić information content (AvgIpc) is 2.58. The van der Waals surface area contributed by atoms with Gasteiger partial charge in [0.05, 0.1) is 16.3 Å². The highest BCUT2D eigenvalue weighted by atomic mass is 79.9. The fourth-order valence-corrected chi connectivity index (χ4v) is 2.71.